The first-order valence-corrected chi connectivity index (χ1v) is 9.72. The van der Waals surface area contributed by atoms with Crippen LogP contribution in [0.3, 0.4) is 0 Å². The van der Waals surface area contributed by atoms with Gasteiger partial charge in [-0.05, 0) is 54.8 Å². The van der Waals surface area contributed by atoms with Crippen LogP contribution in [0, 0.1) is 0 Å². The molecule has 1 aliphatic rings. The smallest absolute Gasteiger partial charge is 0.262 e. The molecule has 7 nitrogen and oxygen atoms in total. The molecule has 0 spiro atoms. The zero-order valence-electron chi connectivity index (χ0n) is 16.0. The molecule has 0 saturated heterocycles. The molecule has 4 aromatic rings. The molecule has 148 valence electrons. The fourth-order valence-electron chi connectivity index (χ4n) is 3.65. The monoisotopic (exact) mass is 398 g/mol. The summed E-state index contributed by atoms with van der Waals surface area (Å²) in [6.45, 7) is 0. The molecule has 0 bridgehead atoms. The molecule has 0 amide bonds. The number of anilines is 2. The number of hydrogen-bond acceptors (Lipinski definition) is 6. The van der Waals surface area contributed by atoms with Crippen molar-refractivity contribution in [2.24, 2.45) is 0 Å². The number of pyridine rings is 1. The number of aryl methyl sites for hydroxylation is 1. The number of aromatic amines is 1. The van der Waals surface area contributed by atoms with Gasteiger partial charge in [-0.2, -0.15) is 4.98 Å². The van der Waals surface area contributed by atoms with Crippen molar-refractivity contribution in [2.45, 2.75) is 19.3 Å². The molecule has 0 atom stereocenters. The van der Waals surface area contributed by atoms with E-state index in [1.807, 2.05) is 54.6 Å². The SMILES string of the molecule is O=C1CCCc2c1cnc1nc(Nc3ccc(Oc4ccccc4)cc3)[nH]c(=O)c21. The molecule has 0 aliphatic heterocycles. The van der Waals surface area contributed by atoms with Gasteiger partial charge < -0.3 is 10.1 Å². The minimum Gasteiger partial charge on any atom is -0.457 e. The maximum absolute atomic E-state index is 12.7. The molecule has 5 rings (SSSR count). The lowest BCUT2D eigenvalue weighted by molar-refractivity contribution is 0.0972. The Morgan fingerprint density at radius 1 is 0.933 bits per heavy atom. The normalized spacial score (nSPS) is 13.1. The maximum atomic E-state index is 12.7. The molecule has 0 saturated carbocycles. The summed E-state index contributed by atoms with van der Waals surface area (Å²) in [6.07, 6.45) is 3.45. The lowest BCUT2D eigenvalue weighted by atomic mass is 9.90. The minimum absolute atomic E-state index is 0.0325. The lowest BCUT2D eigenvalue weighted by Gasteiger charge is -2.15. The summed E-state index contributed by atoms with van der Waals surface area (Å²) >= 11 is 0. The van der Waals surface area contributed by atoms with Crippen molar-refractivity contribution in [1.29, 1.82) is 0 Å². The Balaban J connectivity index is 1.41. The van der Waals surface area contributed by atoms with Gasteiger partial charge in [-0.1, -0.05) is 18.2 Å². The number of rotatable bonds is 4. The summed E-state index contributed by atoms with van der Waals surface area (Å²) in [5.41, 5.74) is 2.06. The molecule has 0 unspecified atom stereocenters. The number of carbonyl (C=O) groups excluding carboxylic acids is 1. The molecule has 30 heavy (non-hydrogen) atoms. The Hall–Kier alpha value is -4.00. The van der Waals surface area contributed by atoms with E-state index < -0.39 is 0 Å². The zero-order chi connectivity index (χ0) is 20.5. The second-order valence-corrected chi connectivity index (χ2v) is 7.10. The first kappa shape index (κ1) is 18.1. The maximum Gasteiger partial charge on any atom is 0.262 e. The number of Topliss-reactive ketones (excluding diaryl/α,β-unsaturated/α-hetero) is 1. The number of hydrogen-bond donors (Lipinski definition) is 2. The number of para-hydroxylation sites is 1. The average molecular weight is 398 g/mol. The first-order valence-electron chi connectivity index (χ1n) is 9.72. The number of ketones is 1. The number of H-pyrrole nitrogens is 1. The molecule has 2 aromatic heterocycles. The second kappa shape index (κ2) is 7.44. The van der Waals surface area contributed by atoms with E-state index in [4.69, 9.17) is 4.74 Å². The van der Waals surface area contributed by atoms with Gasteiger partial charge in [0.2, 0.25) is 5.95 Å². The van der Waals surface area contributed by atoms with Crippen LogP contribution in [0.1, 0.15) is 28.8 Å². The highest BCUT2D eigenvalue weighted by atomic mass is 16.5. The largest absolute Gasteiger partial charge is 0.457 e. The lowest BCUT2D eigenvalue weighted by Crippen LogP contribution is -2.19. The number of benzene rings is 2. The molecule has 2 N–H and O–H groups in total. The zero-order valence-corrected chi connectivity index (χ0v) is 16.0. The van der Waals surface area contributed by atoms with Crippen LogP contribution in [0.25, 0.3) is 11.0 Å². The van der Waals surface area contributed by atoms with E-state index in [1.165, 1.54) is 6.20 Å². The molecule has 2 aromatic carbocycles. The number of aromatic nitrogens is 3. The summed E-state index contributed by atoms with van der Waals surface area (Å²) in [7, 11) is 0. The van der Waals surface area contributed by atoms with E-state index in [0.717, 1.165) is 23.4 Å². The van der Waals surface area contributed by atoms with Crippen molar-refractivity contribution >= 4 is 28.5 Å². The van der Waals surface area contributed by atoms with E-state index >= 15 is 0 Å². The molecule has 2 heterocycles. The molecular weight excluding hydrogens is 380 g/mol. The van der Waals surface area contributed by atoms with Gasteiger partial charge in [-0.15, -0.1) is 0 Å². The predicted octanol–water partition coefficient (Wildman–Crippen LogP) is 4.37. The van der Waals surface area contributed by atoms with Crippen LogP contribution in [0.2, 0.25) is 0 Å². The Morgan fingerprint density at radius 3 is 2.50 bits per heavy atom. The van der Waals surface area contributed by atoms with Crippen LogP contribution in [0.5, 0.6) is 11.5 Å². The Morgan fingerprint density at radius 2 is 1.70 bits per heavy atom. The molecule has 0 fully saturated rings. The van der Waals surface area contributed by atoms with E-state index in [9.17, 15) is 9.59 Å². The Bertz CT molecular complexity index is 1300. The van der Waals surface area contributed by atoms with Gasteiger partial charge in [-0.25, -0.2) is 4.98 Å². The second-order valence-electron chi connectivity index (χ2n) is 7.10. The standard InChI is InChI=1S/C23H18N4O3/c28-19-8-4-7-17-18(19)13-24-21-20(17)22(29)27-23(26-21)25-14-9-11-16(12-10-14)30-15-5-2-1-3-6-15/h1-3,5-6,9-13H,4,7-8H2,(H2,24,25,26,27,29). The van der Waals surface area contributed by atoms with Crippen molar-refractivity contribution < 1.29 is 9.53 Å². The van der Waals surface area contributed by atoms with E-state index in [0.29, 0.717) is 41.1 Å². The number of nitrogens with one attached hydrogen (secondary N) is 2. The fraction of sp³-hybridized carbons (Fsp3) is 0.130. The van der Waals surface area contributed by atoms with Gasteiger partial charge in [-0.3, -0.25) is 14.6 Å². The minimum atomic E-state index is -0.300. The molecule has 1 aliphatic carbocycles. The van der Waals surface area contributed by atoms with Crippen LogP contribution >= 0.6 is 0 Å². The van der Waals surface area contributed by atoms with Crippen molar-refractivity contribution in [1.82, 2.24) is 15.0 Å². The summed E-state index contributed by atoms with van der Waals surface area (Å²) in [4.78, 5) is 36.3. The van der Waals surface area contributed by atoms with Gasteiger partial charge in [0, 0.05) is 23.9 Å². The summed E-state index contributed by atoms with van der Waals surface area (Å²) in [5, 5.41) is 3.49. The highest BCUT2D eigenvalue weighted by Crippen LogP contribution is 2.26. The third-order valence-corrected chi connectivity index (χ3v) is 5.07. The number of nitrogens with zero attached hydrogens (tertiary/aromatic N) is 2. The van der Waals surface area contributed by atoms with Crippen LogP contribution < -0.4 is 15.6 Å². The van der Waals surface area contributed by atoms with Crippen molar-refractivity contribution in [3.05, 3.63) is 82.3 Å². The van der Waals surface area contributed by atoms with Gasteiger partial charge in [0.25, 0.3) is 5.56 Å². The summed E-state index contributed by atoms with van der Waals surface area (Å²) in [5.74, 6) is 1.78. The van der Waals surface area contributed by atoms with Crippen LogP contribution in [0.15, 0.2) is 65.6 Å². The first-order chi connectivity index (χ1) is 14.7. The molecule has 7 heteroatoms. The van der Waals surface area contributed by atoms with Crippen LogP contribution in [0.4, 0.5) is 11.6 Å². The van der Waals surface area contributed by atoms with E-state index in [1.54, 1.807) is 0 Å². The summed E-state index contributed by atoms with van der Waals surface area (Å²) in [6, 6.07) is 16.8. The number of fused-ring (bicyclic) bond motifs is 3. The highest BCUT2D eigenvalue weighted by molar-refractivity contribution is 6.02. The molecule has 0 radical (unpaired) electrons. The van der Waals surface area contributed by atoms with Crippen molar-refractivity contribution in [2.75, 3.05) is 5.32 Å². The third-order valence-electron chi connectivity index (χ3n) is 5.07. The quantitative estimate of drug-likeness (QED) is 0.530. The van der Waals surface area contributed by atoms with Crippen molar-refractivity contribution in [3.63, 3.8) is 0 Å². The van der Waals surface area contributed by atoms with Gasteiger partial charge in [0.1, 0.15) is 11.5 Å². The Kier molecular flexibility index (Phi) is 4.48. The Labute approximate surface area is 171 Å². The third kappa shape index (κ3) is 3.41. The predicted molar refractivity (Wildman–Crippen MR) is 114 cm³/mol. The number of carbonyl (C=O) groups is 1. The van der Waals surface area contributed by atoms with E-state index in [2.05, 4.69) is 20.3 Å². The number of ether oxygens (including phenoxy) is 1. The average Bonchev–Trinajstić information content (AvgIpc) is 2.76. The topological polar surface area (TPSA) is 97.0 Å². The van der Waals surface area contributed by atoms with Gasteiger partial charge in [0.05, 0.1) is 5.39 Å². The van der Waals surface area contributed by atoms with Crippen LogP contribution in [-0.4, -0.2) is 20.7 Å². The van der Waals surface area contributed by atoms with Crippen molar-refractivity contribution in [3.8, 4) is 11.5 Å². The summed E-state index contributed by atoms with van der Waals surface area (Å²) < 4.78 is 5.78. The highest BCUT2D eigenvalue weighted by Gasteiger charge is 2.22. The van der Waals surface area contributed by atoms with Crippen LogP contribution in [-0.2, 0) is 6.42 Å². The van der Waals surface area contributed by atoms with Gasteiger partial charge in [0.15, 0.2) is 11.4 Å². The van der Waals surface area contributed by atoms with Gasteiger partial charge >= 0.3 is 0 Å². The fourth-order valence-corrected chi connectivity index (χ4v) is 3.65. The van der Waals surface area contributed by atoms with E-state index in [-0.39, 0.29) is 11.3 Å². The molecular formula is C23H18N4O3.